The number of rotatable bonds is 9. The van der Waals surface area contributed by atoms with Crippen molar-refractivity contribution in [2.45, 2.75) is 19.4 Å². The molecule has 0 saturated heterocycles. The number of Topliss-reactive ketones (excluding diaryl/α,β-unsaturated/α-hetero) is 1. The summed E-state index contributed by atoms with van der Waals surface area (Å²) in [6.45, 7) is 1.99. The average Bonchev–Trinajstić information content (AvgIpc) is 3.03. The zero-order valence-electron chi connectivity index (χ0n) is 14.6. The molecule has 0 aliphatic carbocycles. The number of benzene rings is 1. The van der Waals surface area contributed by atoms with E-state index < -0.39 is 0 Å². The third-order valence-corrected chi connectivity index (χ3v) is 5.07. The molecule has 0 aliphatic rings. The highest BCUT2D eigenvalue weighted by Crippen LogP contribution is 2.23. The van der Waals surface area contributed by atoms with E-state index in [1.807, 2.05) is 54.2 Å². The third kappa shape index (κ3) is 6.61. The molecular weight excluding hydrogens is 356 g/mol. The van der Waals surface area contributed by atoms with E-state index in [-0.39, 0.29) is 24.5 Å². The highest BCUT2D eigenvalue weighted by molar-refractivity contribution is 7.18. The first-order valence-corrected chi connectivity index (χ1v) is 9.40. The fourth-order valence-corrected chi connectivity index (χ4v) is 3.39. The Morgan fingerprint density at radius 1 is 1.00 bits per heavy atom. The van der Waals surface area contributed by atoms with Crippen LogP contribution in [0.15, 0.2) is 42.5 Å². The number of halogens is 1. The van der Waals surface area contributed by atoms with Crippen LogP contribution in [0.2, 0.25) is 4.34 Å². The van der Waals surface area contributed by atoms with Crippen LogP contribution in [0.4, 0.5) is 0 Å². The molecule has 0 unspecified atom stereocenters. The second-order valence-corrected chi connectivity index (χ2v) is 7.85. The van der Waals surface area contributed by atoms with Crippen LogP contribution in [0.5, 0.6) is 0 Å². The Hall–Kier alpha value is -1.69. The van der Waals surface area contributed by atoms with Crippen LogP contribution in [0.25, 0.3) is 0 Å². The smallest absolute Gasteiger partial charge is 0.223 e. The van der Waals surface area contributed by atoms with Crippen LogP contribution >= 0.6 is 22.9 Å². The monoisotopic (exact) mass is 378 g/mol. The molecule has 2 aromatic rings. The Labute approximate surface area is 158 Å². The van der Waals surface area contributed by atoms with Crippen molar-refractivity contribution in [1.29, 1.82) is 0 Å². The molecule has 6 heteroatoms. The minimum absolute atomic E-state index is 0.00158. The van der Waals surface area contributed by atoms with E-state index in [1.54, 1.807) is 12.1 Å². The number of nitrogens with zero attached hydrogens (tertiary/aromatic N) is 2. The predicted molar refractivity (Wildman–Crippen MR) is 103 cm³/mol. The lowest BCUT2D eigenvalue weighted by molar-refractivity contribution is -0.131. The summed E-state index contributed by atoms with van der Waals surface area (Å²) in [6, 6.07) is 13.3. The third-order valence-electron chi connectivity index (χ3n) is 3.80. The number of carbonyl (C=O) groups excluding carboxylic acids is 2. The van der Waals surface area contributed by atoms with E-state index in [0.717, 1.165) is 12.1 Å². The molecule has 0 radical (unpaired) electrons. The first-order valence-electron chi connectivity index (χ1n) is 8.20. The summed E-state index contributed by atoms with van der Waals surface area (Å²) in [5.41, 5.74) is 1.09. The zero-order valence-corrected chi connectivity index (χ0v) is 16.1. The molecule has 1 aromatic heterocycles. The van der Waals surface area contributed by atoms with Crippen molar-refractivity contribution in [2.24, 2.45) is 0 Å². The molecule has 1 aromatic carbocycles. The minimum atomic E-state index is -0.0301. The quantitative estimate of drug-likeness (QED) is 0.620. The topological polar surface area (TPSA) is 40.6 Å². The van der Waals surface area contributed by atoms with Crippen molar-refractivity contribution in [3.8, 4) is 0 Å². The Morgan fingerprint density at radius 3 is 2.32 bits per heavy atom. The summed E-state index contributed by atoms with van der Waals surface area (Å²) in [7, 11) is 3.96. The summed E-state index contributed by atoms with van der Waals surface area (Å²) < 4.78 is 0.589. The number of carbonyl (C=O) groups is 2. The van der Waals surface area contributed by atoms with E-state index in [0.29, 0.717) is 22.3 Å². The molecule has 0 saturated carbocycles. The lowest BCUT2D eigenvalue weighted by atomic mass is 10.1. The summed E-state index contributed by atoms with van der Waals surface area (Å²) >= 11 is 7.12. The van der Waals surface area contributed by atoms with Crippen LogP contribution in [0.3, 0.4) is 0 Å². The van der Waals surface area contributed by atoms with Gasteiger partial charge in [0.25, 0.3) is 0 Å². The summed E-state index contributed by atoms with van der Waals surface area (Å²) in [6.07, 6.45) is 0.428. The number of hydrogen-bond donors (Lipinski definition) is 0. The maximum Gasteiger partial charge on any atom is 0.223 e. The summed E-state index contributed by atoms with van der Waals surface area (Å²) in [4.78, 5) is 29.3. The van der Waals surface area contributed by atoms with E-state index >= 15 is 0 Å². The molecule has 0 fully saturated rings. The first kappa shape index (κ1) is 19.6. The van der Waals surface area contributed by atoms with Gasteiger partial charge < -0.3 is 9.80 Å². The van der Waals surface area contributed by atoms with Crippen LogP contribution in [0.1, 0.15) is 28.1 Å². The lowest BCUT2D eigenvalue weighted by Gasteiger charge is -2.24. The lowest BCUT2D eigenvalue weighted by Crippen LogP contribution is -2.36. The van der Waals surface area contributed by atoms with E-state index in [9.17, 15) is 9.59 Å². The van der Waals surface area contributed by atoms with Crippen molar-refractivity contribution < 1.29 is 9.59 Å². The molecule has 134 valence electrons. The predicted octanol–water partition coefficient (Wildman–Crippen LogP) is 3.95. The van der Waals surface area contributed by atoms with Gasteiger partial charge in [0.15, 0.2) is 5.78 Å². The average molecular weight is 379 g/mol. The van der Waals surface area contributed by atoms with Gasteiger partial charge in [-0.25, -0.2) is 0 Å². The molecule has 25 heavy (non-hydrogen) atoms. The number of amides is 1. The van der Waals surface area contributed by atoms with Gasteiger partial charge in [-0.05, 0) is 31.8 Å². The highest BCUT2D eigenvalue weighted by Gasteiger charge is 2.17. The molecule has 0 N–H and O–H groups in total. The van der Waals surface area contributed by atoms with Crippen molar-refractivity contribution in [1.82, 2.24) is 9.80 Å². The van der Waals surface area contributed by atoms with Crippen LogP contribution < -0.4 is 0 Å². The van der Waals surface area contributed by atoms with Gasteiger partial charge in [-0.1, -0.05) is 41.9 Å². The zero-order chi connectivity index (χ0) is 18.2. The van der Waals surface area contributed by atoms with Gasteiger partial charge in [-0.15, -0.1) is 11.3 Å². The molecular formula is C19H23ClN2O2S. The van der Waals surface area contributed by atoms with Crippen molar-refractivity contribution in [3.05, 3.63) is 57.2 Å². The van der Waals surface area contributed by atoms with E-state index in [4.69, 9.17) is 11.6 Å². The molecule has 1 heterocycles. The fraction of sp³-hybridized carbons (Fsp3) is 0.368. The number of thiophene rings is 1. The van der Waals surface area contributed by atoms with E-state index in [1.165, 1.54) is 11.3 Å². The Balaban J connectivity index is 1.95. The van der Waals surface area contributed by atoms with Crippen molar-refractivity contribution in [3.63, 3.8) is 0 Å². The first-order chi connectivity index (χ1) is 12.0. The molecule has 1 amide bonds. The molecule has 0 atom stereocenters. The van der Waals surface area contributed by atoms with Gasteiger partial charge in [-0.2, -0.15) is 0 Å². The number of hydrogen-bond acceptors (Lipinski definition) is 4. The minimum Gasteiger partial charge on any atom is -0.337 e. The standard InChI is InChI=1S/C19H23ClN2O2S/c1-21(2)12-13-22(14-15-6-4-3-5-7-15)19(24)11-8-16(23)17-9-10-18(20)25-17/h3-7,9-10H,8,11-14H2,1-2H3. The molecule has 0 bridgehead atoms. The van der Waals surface area contributed by atoms with Crippen LogP contribution in [-0.2, 0) is 11.3 Å². The van der Waals surface area contributed by atoms with Crippen molar-refractivity contribution >= 4 is 34.6 Å². The fourth-order valence-electron chi connectivity index (χ4n) is 2.38. The molecule has 4 nitrogen and oxygen atoms in total. The summed E-state index contributed by atoms with van der Waals surface area (Å²) in [5, 5.41) is 0. The Morgan fingerprint density at radius 2 is 1.72 bits per heavy atom. The highest BCUT2D eigenvalue weighted by atomic mass is 35.5. The SMILES string of the molecule is CN(C)CCN(Cc1ccccc1)C(=O)CCC(=O)c1ccc(Cl)s1. The maximum absolute atomic E-state index is 12.6. The number of ketones is 1. The van der Waals surface area contributed by atoms with Gasteiger partial charge in [0.05, 0.1) is 9.21 Å². The normalized spacial score (nSPS) is 10.9. The Bertz CT molecular complexity index is 700. The molecule has 0 spiro atoms. The second-order valence-electron chi connectivity index (χ2n) is 6.13. The van der Waals surface area contributed by atoms with Crippen molar-refractivity contribution in [2.75, 3.05) is 27.2 Å². The van der Waals surface area contributed by atoms with Gasteiger partial charge in [-0.3, -0.25) is 9.59 Å². The molecule has 2 rings (SSSR count). The molecule has 0 aliphatic heterocycles. The van der Waals surface area contributed by atoms with Gasteiger partial charge in [0.2, 0.25) is 5.91 Å². The largest absolute Gasteiger partial charge is 0.337 e. The van der Waals surface area contributed by atoms with E-state index in [2.05, 4.69) is 0 Å². The van der Waals surface area contributed by atoms with Gasteiger partial charge in [0.1, 0.15) is 0 Å². The Kier molecular flexibility index (Phi) is 7.62. The number of likely N-dealkylation sites (N-methyl/N-ethyl adjacent to an activating group) is 1. The second kappa shape index (κ2) is 9.70. The van der Waals surface area contributed by atoms with Gasteiger partial charge >= 0.3 is 0 Å². The van der Waals surface area contributed by atoms with Crippen LogP contribution in [-0.4, -0.2) is 48.7 Å². The van der Waals surface area contributed by atoms with Gasteiger partial charge in [0, 0.05) is 32.5 Å². The van der Waals surface area contributed by atoms with Crippen LogP contribution in [0, 0.1) is 0 Å². The summed E-state index contributed by atoms with van der Waals surface area (Å²) in [5.74, 6) is -0.0285. The maximum atomic E-state index is 12.6.